The fourth-order valence-electron chi connectivity index (χ4n) is 3.70. The van der Waals surface area contributed by atoms with Gasteiger partial charge in [0.15, 0.2) is 0 Å². The summed E-state index contributed by atoms with van der Waals surface area (Å²) in [6.07, 6.45) is 0.558. The van der Waals surface area contributed by atoms with E-state index in [1.54, 1.807) is 33.0 Å². The lowest BCUT2D eigenvalue weighted by molar-refractivity contribution is -0.134. The van der Waals surface area contributed by atoms with Gasteiger partial charge in [0.1, 0.15) is 0 Å². The third kappa shape index (κ3) is 4.74. The molecule has 2 heterocycles. The number of benzene rings is 1. The quantitative estimate of drug-likeness (QED) is 0.646. The van der Waals surface area contributed by atoms with Crippen LogP contribution in [0.4, 0.5) is 0 Å². The van der Waals surface area contributed by atoms with Gasteiger partial charge in [-0.2, -0.15) is 0 Å². The predicted molar refractivity (Wildman–Crippen MR) is 123 cm³/mol. The topological polar surface area (TPSA) is 97.3 Å². The lowest BCUT2D eigenvalue weighted by atomic mass is 9.83. The first-order chi connectivity index (χ1) is 14.9. The Hall–Kier alpha value is -2.64. The second kappa shape index (κ2) is 9.08. The van der Waals surface area contributed by atoms with Gasteiger partial charge in [0.05, 0.1) is 11.3 Å². The average Bonchev–Trinajstić information content (AvgIpc) is 2.70. The molecular formula is C23H25Cl2N3O4. The van der Waals surface area contributed by atoms with Crippen molar-refractivity contribution < 1.29 is 14.4 Å². The molecule has 0 radical (unpaired) electrons. The van der Waals surface area contributed by atoms with Gasteiger partial charge >= 0.3 is 0 Å². The Labute approximate surface area is 196 Å². The predicted octanol–water partition coefficient (Wildman–Crippen LogP) is 3.11. The molecule has 0 bridgehead atoms. The molecule has 0 saturated carbocycles. The number of rotatable bonds is 5. The molecule has 32 heavy (non-hydrogen) atoms. The molecule has 1 saturated heterocycles. The van der Waals surface area contributed by atoms with Gasteiger partial charge in [0.2, 0.25) is 17.7 Å². The van der Waals surface area contributed by atoms with E-state index < -0.39 is 17.2 Å². The zero-order valence-electron chi connectivity index (χ0n) is 18.3. The molecule has 1 fully saturated rings. The molecule has 2 aromatic rings. The molecule has 1 aromatic carbocycles. The molecule has 1 atom stereocenters. The van der Waals surface area contributed by atoms with E-state index in [1.165, 1.54) is 10.6 Å². The van der Waals surface area contributed by atoms with Crippen LogP contribution in [0, 0.1) is 6.92 Å². The fraction of sp³-hybridized carbons (Fsp3) is 0.391. The Morgan fingerprint density at radius 3 is 2.34 bits per heavy atom. The highest BCUT2D eigenvalue weighted by Crippen LogP contribution is 2.37. The van der Waals surface area contributed by atoms with Gasteiger partial charge in [0, 0.05) is 47.4 Å². The molecule has 0 aliphatic carbocycles. The van der Waals surface area contributed by atoms with Gasteiger partial charge in [0.25, 0.3) is 5.56 Å². The number of nitrogens with one attached hydrogen (secondary N) is 2. The Morgan fingerprint density at radius 2 is 1.78 bits per heavy atom. The van der Waals surface area contributed by atoms with Crippen LogP contribution in [0.25, 0.3) is 0 Å². The molecule has 0 spiro atoms. The molecule has 7 nitrogen and oxygen atoms in total. The van der Waals surface area contributed by atoms with E-state index in [0.29, 0.717) is 33.2 Å². The van der Waals surface area contributed by atoms with E-state index in [1.807, 2.05) is 13.0 Å². The summed E-state index contributed by atoms with van der Waals surface area (Å²) in [6, 6.07) is 6.60. The smallest absolute Gasteiger partial charge is 0.250 e. The molecule has 2 N–H and O–H groups in total. The summed E-state index contributed by atoms with van der Waals surface area (Å²) in [7, 11) is 1.68. The first-order valence-electron chi connectivity index (χ1n) is 10.2. The summed E-state index contributed by atoms with van der Waals surface area (Å²) in [5.74, 6) is -1.59. The summed E-state index contributed by atoms with van der Waals surface area (Å²) in [5.41, 5.74) is 1.42. The molecule has 3 rings (SSSR count). The number of halogens is 2. The van der Waals surface area contributed by atoms with Crippen molar-refractivity contribution in [3.63, 3.8) is 0 Å². The standard InChI is InChI=1S/C23H25Cl2N3O4/c1-12-7-14(10-19(30)28(12)4)23(2,3)22(32)26-11-13-8-16(24)20(17(25)9-13)15-5-6-18(29)27-21(15)31/h7-10,15H,5-6,11H2,1-4H3,(H,26,32)(H,27,29,31). The number of imide groups is 1. The van der Waals surface area contributed by atoms with Crippen LogP contribution in [-0.4, -0.2) is 22.3 Å². The van der Waals surface area contributed by atoms with Crippen molar-refractivity contribution >= 4 is 40.9 Å². The molecule has 1 aliphatic heterocycles. The lowest BCUT2D eigenvalue weighted by Crippen LogP contribution is -2.41. The minimum Gasteiger partial charge on any atom is -0.351 e. The van der Waals surface area contributed by atoms with Crippen molar-refractivity contribution in [2.24, 2.45) is 7.05 Å². The van der Waals surface area contributed by atoms with Crippen LogP contribution in [0.15, 0.2) is 29.1 Å². The molecule has 3 amide bonds. The van der Waals surface area contributed by atoms with Gasteiger partial charge in [-0.15, -0.1) is 0 Å². The van der Waals surface area contributed by atoms with Crippen LogP contribution < -0.4 is 16.2 Å². The molecule has 1 aliphatic rings. The average molecular weight is 478 g/mol. The van der Waals surface area contributed by atoms with Crippen molar-refractivity contribution in [3.8, 4) is 0 Å². The fourth-order valence-corrected chi connectivity index (χ4v) is 4.50. The number of aromatic nitrogens is 1. The second-order valence-electron chi connectivity index (χ2n) is 8.57. The number of carbonyl (C=O) groups is 3. The van der Waals surface area contributed by atoms with Crippen LogP contribution in [0.5, 0.6) is 0 Å². The van der Waals surface area contributed by atoms with Crippen molar-refractivity contribution in [1.29, 1.82) is 0 Å². The van der Waals surface area contributed by atoms with Crippen LogP contribution in [0.2, 0.25) is 10.0 Å². The van der Waals surface area contributed by atoms with Gasteiger partial charge in [-0.25, -0.2) is 0 Å². The number of piperidine rings is 1. The van der Waals surface area contributed by atoms with Crippen LogP contribution in [-0.2, 0) is 33.4 Å². The van der Waals surface area contributed by atoms with Crippen LogP contribution in [0.3, 0.4) is 0 Å². The Bertz CT molecular complexity index is 1150. The summed E-state index contributed by atoms with van der Waals surface area (Å²) < 4.78 is 1.52. The maximum Gasteiger partial charge on any atom is 0.250 e. The number of aryl methyl sites for hydroxylation is 1. The minimum absolute atomic E-state index is 0.168. The van der Waals surface area contributed by atoms with E-state index in [2.05, 4.69) is 10.6 Å². The maximum absolute atomic E-state index is 12.9. The van der Waals surface area contributed by atoms with E-state index >= 15 is 0 Å². The lowest BCUT2D eigenvalue weighted by Gasteiger charge is -2.25. The van der Waals surface area contributed by atoms with Crippen molar-refractivity contribution in [3.05, 3.63) is 67.0 Å². The van der Waals surface area contributed by atoms with Crippen molar-refractivity contribution in [2.45, 2.75) is 51.5 Å². The largest absolute Gasteiger partial charge is 0.351 e. The molecule has 1 unspecified atom stereocenters. The van der Waals surface area contributed by atoms with Gasteiger partial charge in [-0.3, -0.25) is 24.5 Å². The normalized spacial score (nSPS) is 16.6. The monoisotopic (exact) mass is 477 g/mol. The number of hydrogen-bond donors (Lipinski definition) is 2. The van der Waals surface area contributed by atoms with Gasteiger partial charge in [-0.1, -0.05) is 23.2 Å². The number of pyridine rings is 1. The second-order valence-corrected chi connectivity index (χ2v) is 9.38. The van der Waals surface area contributed by atoms with Crippen molar-refractivity contribution in [2.75, 3.05) is 0 Å². The molecule has 1 aromatic heterocycles. The molecular weight excluding hydrogens is 453 g/mol. The van der Waals surface area contributed by atoms with Gasteiger partial charge < -0.3 is 9.88 Å². The highest BCUT2D eigenvalue weighted by Gasteiger charge is 2.32. The summed E-state index contributed by atoms with van der Waals surface area (Å²) >= 11 is 12.8. The third-order valence-corrected chi connectivity index (χ3v) is 6.60. The SMILES string of the molecule is Cc1cc(C(C)(C)C(=O)NCc2cc(Cl)c(C3CCC(=O)NC3=O)c(Cl)c2)cc(=O)n1C. The van der Waals surface area contributed by atoms with Crippen LogP contribution >= 0.6 is 23.2 Å². The number of amides is 3. The highest BCUT2D eigenvalue weighted by atomic mass is 35.5. The maximum atomic E-state index is 12.9. The number of carbonyl (C=O) groups excluding carboxylic acids is 3. The van der Waals surface area contributed by atoms with E-state index in [4.69, 9.17) is 23.2 Å². The summed E-state index contributed by atoms with van der Waals surface area (Å²) in [6.45, 7) is 5.49. The van der Waals surface area contributed by atoms with Crippen LogP contribution in [0.1, 0.15) is 55.0 Å². The number of nitrogens with zero attached hydrogens (tertiary/aromatic N) is 1. The van der Waals surface area contributed by atoms with E-state index in [0.717, 1.165) is 5.69 Å². The Kier molecular flexibility index (Phi) is 6.81. The van der Waals surface area contributed by atoms with E-state index in [9.17, 15) is 19.2 Å². The molecule has 9 heteroatoms. The van der Waals surface area contributed by atoms with Crippen molar-refractivity contribution in [1.82, 2.24) is 15.2 Å². The third-order valence-electron chi connectivity index (χ3n) is 5.97. The zero-order chi connectivity index (χ0) is 23.8. The van der Waals surface area contributed by atoms with Gasteiger partial charge in [-0.05, 0) is 56.5 Å². The molecule has 170 valence electrons. The number of hydrogen-bond acceptors (Lipinski definition) is 4. The summed E-state index contributed by atoms with van der Waals surface area (Å²) in [5, 5.41) is 5.78. The van der Waals surface area contributed by atoms with E-state index in [-0.39, 0.29) is 30.3 Å². The highest BCUT2D eigenvalue weighted by molar-refractivity contribution is 6.36. The minimum atomic E-state index is -0.932. The first kappa shape index (κ1) is 24.0. The Balaban J connectivity index is 1.77. The zero-order valence-corrected chi connectivity index (χ0v) is 19.9. The first-order valence-corrected chi connectivity index (χ1v) is 11.0. The Morgan fingerprint density at radius 1 is 1.16 bits per heavy atom. The summed E-state index contributed by atoms with van der Waals surface area (Å²) in [4.78, 5) is 48.7.